The minimum atomic E-state index is -1.06. The van der Waals surface area contributed by atoms with E-state index in [9.17, 15) is 5.11 Å². The first-order valence-electron chi connectivity index (χ1n) is 4.88. The summed E-state index contributed by atoms with van der Waals surface area (Å²) in [6.07, 6.45) is 3.09. The van der Waals surface area contributed by atoms with E-state index < -0.39 is 6.10 Å². The maximum atomic E-state index is 10.1. The van der Waals surface area contributed by atoms with E-state index in [0.717, 1.165) is 0 Å². The molecule has 0 aliphatic carbocycles. The van der Waals surface area contributed by atoms with Gasteiger partial charge in [0.05, 0.1) is 0 Å². The number of aliphatic imine (C=N–C) groups is 1. The number of aliphatic hydroxyl groups is 1. The Balaban J connectivity index is 3.08. The summed E-state index contributed by atoms with van der Waals surface area (Å²) in [5.74, 6) is 0. The molecule has 1 heterocycles. The van der Waals surface area contributed by atoms with Gasteiger partial charge in [0.15, 0.2) is 5.15 Å². The highest BCUT2D eigenvalue weighted by Gasteiger charge is 2.21. The van der Waals surface area contributed by atoms with Gasteiger partial charge in [0.25, 0.3) is 0 Å². The predicted molar refractivity (Wildman–Crippen MR) is 71.2 cm³/mol. The standard InChI is InChI=1S/C10H12BrClN4O/c1-2-14-9(11)6(5-13)8(17)7-10(12)16-4-3-15-7/h3-5,8,17H,2,13H2,1H3. The molecule has 1 rings (SSSR count). The van der Waals surface area contributed by atoms with Crippen molar-refractivity contribution in [2.75, 3.05) is 6.54 Å². The van der Waals surface area contributed by atoms with Gasteiger partial charge in [-0.1, -0.05) is 11.6 Å². The van der Waals surface area contributed by atoms with E-state index in [1.54, 1.807) is 0 Å². The molecule has 0 radical (unpaired) electrons. The van der Waals surface area contributed by atoms with Crippen LogP contribution in [0.5, 0.6) is 0 Å². The number of aliphatic hydroxyl groups excluding tert-OH is 1. The number of halogens is 2. The van der Waals surface area contributed by atoms with Gasteiger partial charge in [-0.25, -0.2) is 4.98 Å². The Bertz CT molecular complexity index is 450. The molecular weight excluding hydrogens is 307 g/mol. The van der Waals surface area contributed by atoms with Crippen LogP contribution in [0.2, 0.25) is 5.15 Å². The molecule has 1 aromatic rings. The lowest BCUT2D eigenvalue weighted by Crippen LogP contribution is -2.12. The predicted octanol–water partition coefficient (Wildman–Crippen LogP) is 1.82. The van der Waals surface area contributed by atoms with Crippen molar-refractivity contribution in [3.05, 3.63) is 35.0 Å². The van der Waals surface area contributed by atoms with E-state index in [4.69, 9.17) is 17.3 Å². The van der Waals surface area contributed by atoms with E-state index in [0.29, 0.717) is 16.7 Å². The van der Waals surface area contributed by atoms with Crippen molar-refractivity contribution < 1.29 is 5.11 Å². The quantitative estimate of drug-likeness (QED) is 0.829. The average molecular weight is 320 g/mol. The zero-order valence-corrected chi connectivity index (χ0v) is 11.5. The zero-order valence-electron chi connectivity index (χ0n) is 9.14. The molecule has 0 spiro atoms. The molecule has 17 heavy (non-hydrogen) atoms. The summed E-state index contributed by atoms with van der Waals surface area (Å²) in [5, 5.41) is 10.2. The monoisotopic (exact) mass is 318 g/mol. The molecule has 5 nitrogen and oxygen atoms in total. The Labute approximate surface area is 113 Å². The third-order valence-electron chi connectivity index (χ3n) is 1.95. The van der Waals surface area contributed by atoms with Crippen molar-refractivity contribution in [2.45, 2.75) is 13.0 Å². The first kappa shape index (κ1) is 14.1. The number of nitrogens with two attached hydrogens (primary N) is 1. The third-order valence-corrected chi connectivity index (χ3v) is 2.95. The van der Waals surface area contributed by atoms with Gasteiger partial charge in [-0.05, 0) is 22.9 Å². The zero-order chi connectivity index (χ0) is 12.8. The molecule has 7 heteroatoms. The normalized spacial score (nSPS) is 14.8. The summed E-state index contributed by atoms with van der Waals surface area (Å²) in [6.45, 7) is 2.44. The second-order valence-electron chi connectivity index (χ2n) is 3.02. The largest absolute Gasteiger partial charge is 0.404 e. The maximum absolute atomic E-state index is 10.1. The smallest absolute Gasteiger partial charge is 0.153 e. The van der Waals surface area contributed by atoms with Crippen LogP contribution in [-0.2, 0) is 0 Å². The second-order valence-corrected chi connectivity index (χ2v) is 4.13. The molecule has 1 atom stereocenters. The third kappa shape index (κ3) is 3.49. The minimum absolute atomic E-state index is 0.135. The Morgan fingerprint density at radius 2 is 2.29 bits per heavy atom. The summed E-state index contributed by atoms with van der Waals surface area (Å²) in [6, 6.07) is 0. The van der Waals surface area contributed by atoms with Gasteiger partial charge in [-0.2, -0.15) is 0 Å². The van der Waals surface area contributed by atoms with Gasteiger partial charge in [0.1, 0.15) is 16.4 Å². The highest BCUT2D eigenvalue weighted by Crippen LogP contribution is 2.26. The van der Waals surface area contributed by atoms with Crippen LogP contribution >= 0.6 is 27.5 Å². The molecule has 1 unspecified atom stereocenters. The molecule has 0 aliphatic rings. The summed E-state index contributed by atoms with van der Waals surface area (Å²) < 4.78 is 0.469. The van der Waals surface area contributed by atoms with Crippen molar-refractivity contribution in [3.63, 3.8) is 0 Å². The van der Waals surface area contributed by atoms with Crippen molar-refractivity contribution in [2.24, 2.45) is 10.7 Å². The molecule has 0 fully saturated rings. The fourth-order valence-electron chi connectivity index (χ4n) is 1.17. The number of hydrogen-bond donors (Lipinski definition) is 2. The summed E-state index contributed by atoms with van der Waals surface area (Å²) in [4.78, 5) is 11.9. The summed E-state index contributed by atoms with van der Waals surface area (Å²) in [7, 11) is 0. The van der Waals surface area contributed by atoms with Crippen molar-refractivity contribution >= 4 is 32.2 Å². The number of rotatable bonds is 4. The molecule has 1 aromatic heterocycles. The van der Waals surface area contributed by atoms with Crippen LogP contribution in [0.4, 0.5) is 0 Å². The lowest BCUT2D eigenvalue weighted by Gasteiger charge is -2.13. The van der Waals surface area contributed by atoms with E-state index >= 15 is 0 Å². The van der Waals surface area contributed by atoms with Crippen LogP contribution in [0.25, 0.3) is 0 Å². The van der Waals surface area contributed by atoms with Crippen molar-refractivity contribution in [1.82, 2.24) is 9.97 Å². The van der Waals surface area contributed by atoms with E-state index in [2.05, 4.69) is 30.9 Å². The fraction of sp³-hybridized carbons (Fsp3) is 0.300. The summed E-state index contributed by atoms with van der Waals surface area (Å²) >= 11 is 9.08. The first-order chi connectivity index (χ1) is 8.11. The van der Waals surface area contributed by atoms with Gasteiger partial charge >= 0.3 is 0 Å². The Morgan fingerprint density at radius 1 is 1.65 bits per heavy atom. The molecule has 0 aliphatic heterocycles. The Hall–Kier alpha value is -0.980. The van der Waals surface area contributed by atoms with E-state index in [-0.39, 0.29) is 10.8 Å². The number of nitrogens with zero attached hydrogens (tertiary/aromatic N) is 3. The van der Waals surface area contributed by atoms with E-state index in [1.807, 2.05) is 6.92 Å². The van der Waals surface area contributed by atoms with Gasteiger partial charge < -0.3 is 10.8 Å². The second kappa shape index (κ2) is 6.68. The van der Waals surface area contributed by atoms with Crippen LogP contribution < -0.4 is 5.73 Å². The highest BCUT2D eigenvalue weighted by molar-refractivity contribution is 9.18. The Morgan fingerprint density at radius 3 is 2.82 bits per heavy atom. The average Bonchev–Trinajstić information content (AvgIpc) is 2.30. The van der Waals surface area contributed by atoms with Crippen LogP contribution in [-0.4, -0.2) is 26.2 Å². The first-order valence-corrected chi connectivity index (χ1v) is 6.05. The lowest BCUT2D eigenvalue weighted by atomic mass is 10.1. The van der Waals surface area contributed by atoms with Gasteiger partial charge in [0.2, 0.25) is 0 Å². The van der Waals surface area contributed by atoms with Crippen LogP contribution in [0.15, 0.2) is 29.2 Å². The lowest BCUT2D eigenvalue weighted by molar-refractivity contribution is 0.217. The van der Waals surface area contributed by atoms with E-state index in [1.165, 1.54) is 18.6 Å². The molecular formula is C10H12BrClN4O. The van der Waals surface area contributed by atoms with Crippen LogP contribution in [0.1, 0.15) is 18.7 Å². The van der Waals surface area contributed by atoms with Gasteiger partial charge in [-0.15, -0.1) is 0 Å². The van der Waals surface area contributed by atoms with Crippen molar-refractivity contribution in [3.8, 4) is 0 Å². The molecule has 0 saturated heterocycles. The molecule has 0 amide bonds. The number of hydrogen-bond acceptors (Lipinski definition) is 5. The molecule has 0 aromatic carbocycles. The van der Waals surface area contributed by atoms with Gasteiger partial charge in [0, 0.05) is 30.7 Å². The molecule has 0 bridgehead atoms. The topological polar surface area (TPSA) is 84.4 Å². The fourth-order valence-corrected chi connectivity index (χ4v) is 1.97. The Kier molecular flexibility index (Phi) is 5.54. The van der Waals surface area contributed by atoms with Gasteiger partial charge in [-0.3, -0.25) is 9.98 Å². The molecule has 3 N–H and O–H groups in total. The van der Waals surface area contributed by atoms with Crippen LogP contribution in [0.3, 0.4) is 0 Å². The maximum Gasteiger partial charge on any atom is 0.153 e. The molecule has 92 valence electrons. The minimum Gasteiger partial charge on any atom is -0.404 e. The summed E-state index contributed by atoms with van der Waals surface area (Å²) in [5.41, 5.74) is 6.11. The number of aromatic nitrogens is 2. The van der Waals surface area contributed by atoms with Crippen molar-refractivity contribution in [1.29, 1.82) is 0 Å². The van der Waals surface area contributed by atoms with Crippen LogP contribution in [0, 0.1) is 0 Å². The highest BCUT2D eigenvalue weighted by atomic mass is 79.9. The SMILES string of the molecule is CCN=C(Br)C(=CN)C(O)c1nccnc1Cl. The molecule has 0 saturated carbocycles.